The molecule has 0 radical (unpaired) electrons. The minimum Gasteiger partial charge on any atom is -0.287 e. The van der Waals surface area contributed by atoms with Crippen LogP contribution >= 0.6 is 0 Å². The third kappa shape index (κ3) is 1.31. The Hall–Kier alpha value is -2.48. The molecule has 0 N–H and O–H groups in total. The van der Waals surface area contributed by atoms with Crippen LogP contribution < -0.4 is 0 Å². The van der Waals surface area contributed by atoms with Gasteiger partial charge in [0.15, 0.2) is 0 Å². The average Bonchev–Trinajstić information content (AvgIpc) is 2.44. The van der Waals surface area contributed by atoms with Crippen molar-refractivity contribution in [3.8, 4) is 11.1 Å². The number of aromatic nitrogens is 1. The van der Waals surface area contributed by atoms with Crippen LogP contribution in [0.25, 0.3) is 21.9 Å². The summed E-state index contributed by atoms with van der Waals surface area (Å²) in [6, 6.07) is 14.1. The molecule has 1 aliphatic carbocycles. The standard InChI is InChI=1S/C17H11NO/c1-10-5-6-12-13-4-2-3-11-7-8-18-16(15(11)13)17(19)14(12)9-10/h2-9H,1H3. The maximum atomic E-state index is 12.6. The number of carbonyl (C=O) groups excluding carboxylic acids is 1. The normalized spacial score (nSPS) is 12.6. The van der Waals surface area contributed by atoms with Crippen molar-refractivity contribution >= 4 is 16.6 Å². The van der Waals surface area contributed by atoms with E-state index in [1.54, 1.807) is 6.20 Å². The van der Waals surface area contributed by atoms with Crippen LogP contribution in [-0.2, 0) is 0 Å². The molecule has 90 valence electrons. The summed E-state index contributed by atoms with van der Waals surface area (Å²) in [4.78, 5) is 16.9. The zero-order valence-electron chi connectivity index (χ0n) is 10.5. The van der Waals surface area contributed by atoms with Crippen molar-refractivity contribution in [2.75, 3.05) is 0 Å². The van der Waals surface area contributed by atoms with E-state index in [-0.39, 0.29) is 5.78 Å². The molecule has 1 aromatic heterocycles. The van der Waals surface area contributed by atoms with Gasteiger partial charge in [-0.15, -0.1) is 0 Å². The fraction of sp³-hybridized carbons (Fsp3) is 0.0588. The number of nitrogens with zero attached hydrogens (tertiary/aromatic N) is 1. The van der Waals surface area contributed by atoms with Crippen molar-refractivity contribution in [1.82, 2.24) is 4.98 Å². The number of benzene rings is 2. The van der Waals surface area contributed by atoms with Gasteiger partial charge in [-0.05, 0) is 35.6 Å². The van der Waals surface area contributed by atoms with Gasteiger partial charge in [0, 0.05) is 17.1 Å². The van der Waals surface area contributed by atoms with Crippen LogP contribution in [-0.4, -0.2) is 10.8 Å². The van der Waals surface area contributed by atoms with E-state index in [9.17, 15) is 4.79 Å². The fourth-order valence-electron chi connectivity index (χ4n) is 2.83. The second kappa shape index (κ2) is 3.51. The van der Waals surface area contributed by atoms with Crippen LogP contribution in [0.4, 0.5) is 0 Å². The van der Waals surface area contributed by atoms with E-state index in [1.807, 2.05) is 43.3 Å². The first-order chi connectivity index (χ1) is 9.25. The molecular formula is C17H11NO. The van der Waals surface area contributed by atoms with Crippen molar-refractivity contribution in [3.63, 3.8) is 0 Å². The Morgan fingerprint density at radius 3 is 2.74 bits per heavy atom. The van der Waals surface area contributed by atoms with E-state index in [0.29, 0.717) is 5.69 Å². The number of ketones is 1. The smallest absolute Gasteiger partial charge is 0.212 e. The molecule has 1 heterocycles. The molecule has 3 aromatic rings. The minimum atomic E-state index is 0.0306. The molecule has 0 fully saturated rings. The predicted molar refractivity (Wildman–Crippen MR) is 75.3 cm³/mol. The van der Waals surface area contributed by atoms with E-state index in [4.69, 9.17) is 0 Å². The van der Waals surface area contributed by atoms with Crippen LogP contribution in [0.15, 0.2) is 48.7 Å². The Morgan fingerprint density at radius 2 is 1.84 bits per heavy atom. The van der Waals surface area contributed by atoms with E-state index >= 15 is 0 Å². The lowest BCUT2D eigenvalue weighted by Gasteiger charge is -2.19. The predicted octanol–water partition coefficient (Wildman–Crippen LogP) is 3.75. The summed E-state index contributed by atoms with van der Waals surface area (Å²) in [6.45, 7) is 2.00. The van der Waals surface area contributed by atoms with Crippen molar-refractivity contribution in [2.45, 2.75) is 6.92 Å². The van der Waals surface area contributed by atoms with Gasteiger partial charge in [-0.25, -0.2) is 0 Å². The Kier molecular flexibility index (Phi) is 1.93. The lowest BCUT2D eigenvalue weighted by atomic mass is 9.85. The maximum absolute atomic E-state index is 12.6. The zero-order valence-corrected chi connectivity index (χ0v) is 10.5. The van der Waals surface area contributed by atoms with Crippen LogP contribution in [0.5, 0.6) is 0 Å². The number of fused-ring (bicyclic) bond motifs is 2. The molecule has 0 unspecified atom stereocenters. The number of aryl methyl sites for hydroxylation is 1. The molecule has 0 bridgehead atoms. The molecule has 0 amide bonds. The quantitative estimate of drug-likeness (QED) is 0.472. The summed E-state index contributed by atoms with van der Waals surface area (Å²) >= 11 is 0. The third-order valence-corrected chi connectivity index (χ3v) is 3.72. The SMILES string of the molecule is Cc1ccc2c(c1)C(=O)c1nccc3cccc-2c13. The van der Waals surface area contributed by atoms with Gasteiger partial charge in [0.25, 0.3) is 0 Å². The highest BCUT2D eigenvalue weighted by atomic mass is 16.1. The minimum absolute atomic E-state index is 0.0306. The van der Waals surface area contributed by atoms with Crippen LogP contribution in [0.3, 0.4) is 0 Å². The van der Waals surface area contributed by atoms with Crippen molar-refractivity contribution in [3.05, 3.63) is 65.5 Å². The lowest BCUT2D eigenvalue weighted by Crippen LogP contribution is -2.12. The van der Waals surface area contributed by atoms with Gasteiger partial charge >= 0.3 is 0 Å². The largest absolute Gasteiger partial charge is 0.287 e. The van der Waals surface area contributed by atoms with Gasteiger partial charge in [0.2, 0.25) is 5.78 Å². The van der Waals surface area contributed by atoms with E-state index < -0.39 is 0 Å². The van der Waals surface area contributed by atoms with Gasteiger partial charge < -0.3 is 0 Å². The van der Waals surface area contributed by atoms with E-state index in [1.165, 1.54) is 0 Å². The Morgan fingerprint density at radius 1 is 0.947 bits per heavy atom. The summed E-state index contributed by atoms with van der Waals surface area (Å²) in [7, 11) is 0. The van der Waals surface area contributed by atoms with E-state index in [0.717, 1.165) is 33.0 Å². The van der Waals surface area contributed by atoms with Gasteiger partial charge in [-0.1, -0.05) is 35.9 Å². The van der Waals surface area contributed by atoms with Crippen molar-refractivity contribution in [2.24, 2.45) is 0 Å². The topological polar surface area (TPSA) is 30.0 Å². The number of carbonyl (C=O) groups is 1. The molecule has 0 aliphatic heterocycles. The molecule has 19 heavy (non-hydrogen) atoms. The van der Waals surface area contributed by atoms with Gasteiger partial charge in [0.1, 0.15) is 5.69 Å². The van der Waals surface area contributed by atoms with Crippen molar-refractivity contribution < 1.29 is 4.79 Å². The fourth-order valence-corrected chi connectivity index (χ4v) is 2.83. The summed E-state index contributed by atoms with van der Waals surface area (Å²) in [5.74, 6) is 0.0306. The zero-order chi connectivity index (χ0) is 13.0. The Labute approximate surface area is 110 Å². The molecule has 2 nitrogen and oxygen atoms in total. The first kappa shape index (κ1) is 10.4. The summed E-state index contributed by atoms with van der Waals surface area (Å²) in [5.41, 5.74) is 4.56. The van der Waals surface area contributed by atoms with Gasteiger partial charge in [-0.2, -0.15) is 0 Å². The van der Waals surface area contributed by atoms with Crippen molar-refractivity contribution in [1.29, 1.82) is 0 Å². The summed E-state index contributed by atoms with van der Waals surface area (Å²) < 4.78 is 0. The molecule has 0 atom stereocenters. The second-order valence-corrected chi connectivity index (χ2v) is 4.94. The van der Waals surface area contributed by atoms with Crippen LogP contribution in [0.2, 0.25) is 0 Å². The highest BCUT2D eigenvalue weighted by molar-refractivity contribution is 6.24. The Balaban J connectivity index is 2.24. The summed E-state index contributed by atoms with van der Waals surface area (Å²) in [5, 5.41) is 2.05. The monoisotopic (exact) mass is 245 g/mol. The highest BCUT2D eigenvalue weighted by Gasteiger charge is 2.25. The Bertz CT molecular complexity index is 844. The number of hydrogen-bond acceptors (Lipinski definition) is 2. The molecule has 1 aliphatic rings. The number of rotatable bonds is 0. The van der Waals surface area contributed by atoms with E-state index in [2.05, 4.69) is 11.1 Å². The first-order valence-electron chi connectivity index (χ1n) is 6.29. The van der Waals surface area contributed by atoms with Crippen LogP contribution in [0.1, 0.15) is 21.6 Å². The summed E-state index contributed by atoms with van der Waals surface area (Å²) in [6.07, 6.45) is 1.71. The second-order valence-electron chi connectivity index (χ2n) is 4.94. The molecule has 0 saturated heterocycles. The number of hydrogen-bond donors (Lipinski definition) is 0. The maximum Gasteiger partial charge on any atom is 0.212 e. The molecule has 0 saturated carbocycles. The number of pyridine rings is 1. The molecule has 2 aromatic carbocycles. The highest BCUT2D eigenvalue weighted by Crippen LogP contribution is 2.38. The molecule has 0 spiro atoms. The van der Waals surface area contributed by atoms with Gasteiger partial charge in [-0.3, -0.25) is 9.78 Å². The third-order valence-electron chi connectivity index (χ3n) is 3.72. The van der Waals surface area contributed by atoms with Crippen LogP contribution in [0, 0.1) is 6.92 Å². The average molecular weight is 245 g/mol. The first-order valence-corrected chi connectivity index (χ1v) is 6.29. The van der Waals surface area contributed by atoms with Gasteiger partial charge in [0.05, 0.1) is 0 Å². The molecule has 4 rings (SSSR count). The molecular weight excluding hydrogens is 234 g/mol. The molecule has 2 heteroatoms. The lowest BCUT2D eigenvalue weighted by molar-refractivity contribution is 0.103.